The zero-order chi connectivity index (χ0) is 11.6. The summed E-state index contributed by atoms with van der Waals surface area (Å²) < 4.78 is 5.68. The monoisotopic (exact) mass is 219 g/mol. The van der Waals surface area contributed by atoms with E-state index in [1.165, 1.54) is 18.4 Å². The normalized spacial score (nSPS) is 16.2. The molecule has 2 heteroatoms. The maximum atomic E-state index is 5.98. The molecule has 0 unspecified atom stereocenters. The third-order valence-electron chi connectivity index (χ3n) is 2.77. The number of nitrogens with two attached hydrogens (primary N) is 1. The molecule has 16 heavy (non-hydrogen) atoms. The van der Waals surface area contributed by atoms with Crippen LogP contribution in [0, 0.1) is 5.92 Å². The van der Waals surface area contributed by atoms with Crippen molar-refractivity contribution in [2.75, 3.05) is 6.61 Å². The van der Waals surface area contributed by atoms with Crippen LogP contribution < -0.4 is 10.5 Å². The summed E-state index contributed by atoms with van der Waals surface area (Å²) in [4.78, 5) is 0. The minimum absolute atomic E-state index is 0.142. The Bertz CT molecular complexity index is 333. The van der Waals surface area contributed by atoms with Gasteiger partial charge >= 0.3 is 0 Å². The van der Waals surface area contributed by atoms with Gasteiger partial charge in [-0.3, -0.25) is 0 Å². The average Bonchev–Trinajstić information content (AvgIpc) is 2.98. The van der Waals surface area contributed by atoms with Crippen molar-refractivity contribution >= 4 is 0 Å². The first-order chi connectivity index (χ1) is 7.53. The lowest BCUT2D eigenvalue weighted by molar-refractivity contribution is 0.299. The Kier molecular flexibility index (Phi) is 3.20. The smallest absolute Gasteiger partial charge is 0.119 e. The molecule has 1 saturated carbocycles. The molecule has 2 rings (SSSR count). The van der Waals surface area contributed by atoms with E-state index in [4.69, 9.17) is 10.5 Å². The first-order valence-corrected chi connectivity index (χ1v) is 6.03. The zero-order valence-corrected chi connectivity index (χ0v) is 10.2. The Labute approximate surface area is 97.8 Å². The van der Waals surface area contributed by atoms with Gasteiger partial charge in [0.15, 0.2) is 0 Å². The number of rotatable bonds is 5. The van der Waals surface area contributed by atoms with E-state index in [1.807, 2.05) is 26.0 Å². The standard InChI is InChI=1S/C14H21NO/c1-14(2,15)9-11-5-7-13(8-6-11)16-10-12-3-4-12/h5-8,12H,3-4,9-10,15H2,1-2H3. The maximum absolute atomic E-state index is 5.98. The van der Waals surface area contributed by atoms with Crippen LogP contribution in [0.15, 0.2) is 24.3 Å². The minimum Gasteiger partial charge on any atom is -0.493 e. The van der Waals surface area contributed by atoms with E-state index in [2.05, 4.69) is 12.1 Å². The molecule has 0 spiro atoms. The number of ether oxygens (including phenoxy) is 1. The molecule has 1 aromatic rings. The van der Waals surface area contributed by atoms with E-state index in [0.29, 0.717) is 0 Å². The van der Waals surface area contributed by atoms with E-state index in [9.17, 15) is 0 Å². The molecule has 0 saturated heterocycles. The number of hydrogen-bond acceptors (Lipinski definition) is 2. The Morgan fingerprint density at radius 3 is 2.38 bits per heavy atom. The van der Waals surface area contributed by atoms with Crippen LogP contribution in [0.2, 0.25) is 0 Å². The SMILES string of the molecule is CC(C)(N)Cc1ccc(OCC2CC2)cc1. The highest BCUT2D eigenvalue weighted by molar-refractivity contribution is 5.28. The van der Waals surface area contributed by atoms with Crippen LogP contribution >= 0.6 is 0 Å². The third-order valence-corrected chi connectivity index (χ3v) is 2.77. The average molecular weight is 219 g/mol. The molecule has 1 aliphatic carbocycles. The van der Waals surface area contributed by atoms with Crippen molar-refractivity contribution in [1.82, 2.24) is 0 Å². The molecule has 0 amide bonds. The van der Waals surface area contributed by atoms with Gasteiger partial charge < -0.3 is 10.5 Å². The van der Waals surface area contributed by atoms with Crippen molar-refractivity contribution in [3.05, 3.63) is 29.8 Å². The minimum atomic E-state index is -0.142. The third kappa shape index (κ3) is 3.86. The van der Waals surface area contributed by atoms with Crippen molar-refractivity contribution in [2.45, 2.75) is 38.6 Å². The van der Waals surface area contributed by atoms with Crippen LogP contribution in [0.5, 0.6) is 5.75 Å². The van der Waals surface area contributed by atoms with Crippen LogP contribution in [0.25, 0.3) is 0 Å². The topological polar surface area (TPSA) is 35.2 Å². The summed E-state index contributed by atoms with van der Waals surface area (Å²) in [5.41, 5.74) is 7.11. The lowest BCUT2D eigenvalue weighted by atomic mass is 9.96. The largest absolute Gasteiger partial charge is 0.493 e. The van der Waals surface area contributed by atoms with Gasteiger partial charge in [-0.05, 0) is 56.7 Å². The molecule has 0 aliphatic heterocycles. The number of benzene rings is 1. The van der Waals surface area contributed by atoms with Crippen molar-refractivity contribution < 1.29 is 4.74 Å². The molecule has 2 N–H and O–H groups in total. The Morgan fingerprint density at radius 2 is 1.88 bits per heavy atom. The molecule has 0 aromatic heterocycles. The van der Waals surface area contributed by atoms with Gasteiger partial charge in [0.05, 0.1) is 6.61 Å². The van der Waals surface area contributed by atoms with Crippen molar-refractivity contribution in [3.8, 4) is 5.75 Å². The van der Waals surface area contributed by atoms with Crippen LogP contribution in [0.3, 0.4) is 0 Å². The van der Waals surface area contributed by atoms with Crippen LogP contribution in [0.1, 0.15) is 32.3 Å². The van der Waals surface area contributed by atoms with Gasteiger partial charge in [-0.1, -0.05) is 12.1 Å². The molecule has 0 radical (unpaired) electrons. The molecule has 0 heterocycles. The summed E-state index contributed by atoms with van der Waals surface area (Å²) in [6.07, 6.45) is 3.56. The van der Waals surface area contributed by atoms with E-state index in [-0.39, 0.29) is 5.54 Å². The first-order valence-electron chi connectivity index (χ1n) is 6.03. The summed E-state index contributed by atoms with van der Waals surface area (Å²) in [6, 6.07) is 8.31. The van der Waals surface area contributed by atoms with Crippen molar-refractivity contribution in [1.29, 1.82) is 0 Å². The zero-order valence-electron chi connectivity index (χ0n) is 10.2. The highest BCUT2D eigenvalue weighted by Gasteiger charge is 2.21. The van der Waals surface area contributed by atoms with Gasteiger partial charge in [-0.25, -0.2) is 0 Å². The molecule has 0 bridgehead atoms. The predicted molar refractivity (Wildman–Crippen MR) is 66.6 cm³/mol. The second-order valence-corrected chi connectivity index (χ2v) is 5.56. The molecule has 2 nitrogen and oxygen atoms in total. The fourth-order valence-corrected chi connectivity index (χ4v) is 1.73. The maximum Gasteiger partial charge on any atom is 0.119 e. The van der Waals surface area contributed by atoms with E-state index in [1.54, 1.807) is 0 Å². The summed E-state index contributed by atoms with van der Waals surface area (Å²) in [5, 5.41) is 0. The fourth-order valence-electron chi connectivity index (χ4n) is 1.73. The van der Waals surface area contributed by atoms with Crippen LogP contribution in [0.4, 0.5) is 0 Å². The molecule has 0 atom stereocenters. The molecule has 1 aromatic carbocycles. The highest BCUT2D eigenvalue weighted by atomic mass is 16.5. The fraction of sp³-hybridized carbons (Fsp3) is 0.571. The van der Waals surface area contributed by atoms with Crippen molar-refractivity contribution in [3.63, 3.8) is 0 Å². The summed E-state index contributed by atoms with van der Waals surface area (Å²) in [5.74, 6) is 1.79. The predicted octanol–water partition coefficient (Wildman–Crippen LogP) is 2.76. The lowest BCUT2D eigenvalue weighted by Gasteiger charge is -2.18. The van der Waals surface area contributed by atoms with E-state index < -0.39 is 0 Å². The number of hydrogen-bond donors (Lipinski definition) is 1. The molecule has 1 fully saturated rings. The van der Waals surface area contributed by atoms with Gasteiger partial charge in [0, 0.05) is 5.54 Å². The van der Waals surface area contributed by atoms with Crippen molar-refractivity contribution in [2.24, 2.45) is 11.7 Å². The van der Waals surface area contributed by atoms with E-state index in [0.717, 1.165) is 24.7 Å². The summed E-state index contributed by atoms with van der Waals surface area (Å²) in [7, 11) is 0. The van der Waals surface area contributed by atoms with Gasteiger partial charge in [-0.2, -0.15) is 0 Å². The van der Waals surface area contributed by atoms with Gasteiger partial charge in [0.25, 0.3) is 0 Å². The Hall–Kier alpha value is -1.02. The Morgan fingerprint density at radius 1 is 1.25 bits per heavy atom. The lowest BCUT2D eigenvalue weighted by Crippen LogP contribution is -2.34. The van der Waals surface area contributed by atoms with E-state index >= 15 is 0 Å². The second-order valence-electron chi connectivity index (χ2n) is 5.56. The second kappa shape index (κ2) is 4.46. The van der Waals surface area contributed by atoms with Crippen LogP contribution in [-0.4, -0.2) is 12.1 Å². The summed E-state index contributed by atoms with van der Waals surface area (Å²) in [6.45, 7) is 4.97. The molecule has 88 valence electrons. The van der Waals surface area contributed by atoms with Gasteiger partial charge in [0.1, 0.15) is 5.75 Å². The van der Waals surface area contributed by atoms with Gasteiger partial charge in [-0.15, -0.1) is 0 Å². The Balaban J connectivity index is 1.87. The first kappa shape index (κ1) is 11.5. The quantitative estimate of drug-likeness (QED) is 0.826. The summed E-state index contributed by atoms with van der Waals surface area (Å²) >= 11 is 0. The molecular weight excluding hydrogens is 198 g/mol. The molecular formula is C14H21NO. The molecule has 1 aliphatic rings. The van der Waals surface area contributed by atoms with Crippen LogP contribution in [-0.2, 0) is 6.42 Å². The highest BCUT2D eigenvalue weighted by Crippen LogP contribution is 2.29. The van der Waals surface area contributed by atoms with Gasteiger partial charge in [0.2, 0.25) is 0 Å².